The van der Waals surface area contributed by atoms with E-state index >= 15 is 0 Å². The summed E-state index contributed by atoms with van der Waals surface area (Å²) in [6.45, 7) is 4.16. The van der Waals surface area contributed by atoms with Gasteiger partial charge in [0.05, 0.1) is 14.9 Å². The Morgan fingerprint density at radius 1 is 1.35 bits per heavy atom. The average Bonchev–Trinajstić information content (AvgIpc) is 2.78. The number of likely N-dealkylation sites (tertiary alicyclic amines) is 1. The molecule has 0 bridgehead atoms. The highest BCUT2D eigenvalue weighted by atomic mass is 127. The zero-order valence-electron chi connectivity index (χ0n) is 9.68. The van der Waals surface area contributed by atoms with E-state index in [9.17, 15) is 4.39 Å². The van der Waals surface area contributed by atoms with E-state index in [2.05, 4.69) is 10.2 Å². The smallest absolute Gasteiger partial charge is 0.138 e. The molecule has 94 valence electrons. The van der Waals surface area contributed by atoms with Gasteiger partial charge in [0, 0.05) is 19.2 Å². The molecule has 0 radical (unpaired) electrons. The first-order chi connectivity index (χ1) is 8.16. The number of nitrogen functional groups attached to an aromatic ring is 1. The Kier molecular flexibility index (Phi) is 4.44. The van der Waals surface area contributed by atoms with E-state index in [1.807, 2.05) is 22.6 Å². The van der Waals surface area contributed by atoms with Crippen LogP contribution in [-0.2, 0) is 0 Å². The van der Waals surface area contributed by atoms with Crippen LogP contribution in [-0.4, -0.2) is 31.1 Å². The molecule has 1 saturated heterocycles. The molecule has 0 aliphatic carbocycles. The summed E-state index contributed by atoms with van der Waals surface area (Å²) < 4.78 is 13.9. The van der Waals surface area contributed by atoms with Crippen molar-refractivity contribution in [3.63, 3.8) is 0 Å². The molecule has 1 aliphatic heterocycles. The summed E-state index contributed by atoms with van der Waals surface area (Å²) in [7, 11) is 0. The molecule has 0 amide bonds. The molecule has 0 saturated carbocycles. The lowest BCUT2D eigenvalue weighted by Crippen LogP contribution is -2.26. The van der Waals surface area contributed by atoms with Crippen molar-refractivity contribution in [1.29, 1.82) is 0 Å². The lowest BCUT2D eigenvalue weighted by Gasteiger charge is -2.16. The Bertz CT molecular complexity index is 392. The first-order valence-electron chi connectivity index (χ1n) is 5.87. The third-order valence-corrected chi connectivity index (χ3v) is 3.86. The molecule has 3 nitrogen and oxygen atoms in total. The number of anilines is 2. The van der Waals surface area contributed by atoms with Crippen LogP contribution in [0.25, 0.3) is 0 Å². The fraction of sp³-hybridized carbons (Fsp3) is 0.500. The van der Waals surface area contributed by atoms with E-state index in [0.29, 0.717) is 14.9 Å². The van der Waals surface area contributed by atoms with Crippen molar-refractivity contribution in [1.82, 2.24) is 4.90 Å². The van der Waals surface area contributed by atoms with Crippen LogP contribution in [0.3, 0.4) is 0 Å². The van der Waals surface area contributed by atoms with Crippen LogP contribution in [0.5, 0.6) is 0 Å². The fourth-order valence-corrected chi connectivity index (χ4v) is 2.56. The molecule has 2 rings (SSSR count). The number of rotatable bonds is 4. The zero-order valence-corrected chi connectivity index (χ0v) is 11.8. The van der Waals surface area contributed by atoms with Crippen molar-refractivity contribution < 1.29 is 4.39 Å². The first kappa shape index (κ1) is 12.9. The van der Waals surface area contributed by atoms with Crippen LogP contribution in [0.1, 0.15) is 12.8 Å². The molecule has 0 aromatic heterocycles. The molecule has 1 aromatic rings. The Labute approximate surface area is 115 Å². The predicted octanol–water partition coefficient (Wildman–Crippen LogP) is 2.52. The van der Waals surface area contributed by atoms with Crippen molar-refractivity contribution >= 4 is 34.0 Å². The lowest BCUT2D eigenvalue weighted by atomic mass is 10.2. The number of hydrogen-bond acceptors (Lipinski definition) is 3. The van der Waals surface area contributed by atoms with Crippen LogP contribution in [0, 0.1) is 9.39 Å². The summed E-state index contributed by atoms with van der Waals surface area (Å²) in [5.74, 6) is -0.219. The highest BCUT2D eigenvalue weighted by Crippen LogP contribution is 2.23. The van der Waals surface area contributed by atoms with Gasteiger partial charge in [0.25, 0.3) is 0 Å². The maximum atomic E-state index is 13.4. The summed E-state index contributed by atoms with van der Waals surface area (Å²) in [5, 5.41) is 3.20. The molecule has 5 heteroatoms. The minimum absolute atomic E-state index is 0.219. The second kappa shape index (κ2) is 5.86. The molecule has 0 spiro atoms. The zero-order chi connectivity index (χ0) is 12.3. The van der Waals surface area contributed by atoms with E-state index in [1.54, 1.807) is 6.07 Å². The minimum Gasteiger partial charge on any atom is -0.397 e. The molecule has 0 unspecified atom stereocenters. The van der Waals surface area contributed by atoms with Gasteiger partial charge < -0.3 is 16.0 Å². The van der Waals surface area contributed by atoms with Gasteiger partial charge >= 0.3 is 0 Å². The summed E-state index contributed by atoms with van der Waals surface area (Å²) in [6, 6.07) is 3.13. The fourth-order valence-electron chi connectivity index (χ4n) is 2.07. The molecule has 1 heterocycles. The molecule has 1 fully saturated rings. The molecular formula is C12H17FIN3. The first-order valence-corrected chi connectivity index (χ1v) is 6.95. The van der Waals surface area contributed by atoms with Gasteiger partial charge in [-0.05, 0) is 54.6 Å². The molecular weight excluding hydrogens is 332 g/mol. The minimum atomic E-state index is -0.219. The van der Waals surface area contributed by atoms with Crippen molar-refractivity contribution in [2.24, 2.45) is 0 Å². The molecule has 3 N–H and O–H groups in total. The molecule has 1 aromatic carbocycles. The number of hydrogen-bond donors (Lipinski definition) is 2. The van der Waals surface area contributed by atoms with Crippen molar-refractivity contribution in [2.75, 3.05) is 37.2 Å². The maximum Gasteiger partial charge on any atom is 0.138 e. The lowest BCUT2D eigenvalue weighted by molar-refractivity contribution is 0.352. The van der Waals surface area contributed by atoms with E-state index in [1.165, 1.54) is 32.0 Å². The Morgan fingerprint density at radius 3 is 2.76 bits per heavy atom. The second-order valence-electron chi connectivity index (χ2n) is 4.33. The summed E-state index contributed by atoms with van der Waals surface area (Å²) in [6.07, 6.45) is 2.58. The normalized spacial score (nSPS) is 16.4. The van der Waals surface area contributed by atoms with Crippen molar-refractivity contribution in [2.45, 2.75) is 12.8 Å². The number of benzene rings is 1. The van der Waals surface area contributed by atoms with Gasteiger partial charge in [-0.3, -0.25) is 0 Å². The van der Waals surface area contributed by atoms with Gasteiger partial charge in [-0.2, -0.15) is 0 Å². The topological polar surface area (TPSA) is 41.3 Å². The number of nitrogens with two attached hydrogens (primary N) is 1. The van der Waals surface area contributed by atoms with E-state index < -0.39 is 0 Å². The monoisotopic (exact) mass is 349 g/mol. The third-order valence-electron chi connectivity index (χ3n) is 3.03. The Morgan fingerprint density at radius 2 is 2.06 bits per heavy atom. The van der Waals surface area contributed by atoms with Gasteiger partial charge in [0.1, 0.15) is 5.82 Å². The SMILES string of the molecule is Nc1cc(I)c(F)cc1NCCN1CCCC1. The average molecular weight is 349 g/mol. The van der Waals surface area contributed by atoms with Crippen LogP contribution < -0.4 is 11.1 Å². The number of halogens is 2. The standard InChI is InChI=1S/C12H17FIN3/c13-9-7-12(11(15)8-10(9)14)16-3-6-17-4-1-2-5-17/h7-8,16H,1-6,15H2. The van der Waals surface area contributed by atoms with E-state index in [4.69, 9.17) is 5.73 Å². The summed E-state index contributed by atoms with van der Waals surface area (Å²) in [5.41, 5.74) is 7.14. The Balaban J connectivity index is 1.87. The predicted molar refractivity (Wildman–Crippen MR) is 77.7 cm³/mol. The summed E-state index contributed by atoms with van der Waals surface area (Å²) in [4.78, 5) is 2.41. The van der Waals surface area contributed by atoms with Crippen molar-refractivity contribution in [3.05, 3.63) is 21.5 Å². The quantitative estimate of drug-likeness (QED) is 0.648. The largest absolute Gasteiger partial charge is 0.397 e. The second-order valence-corrected chi connectivity index (χ2v) is 5.49. The third kappa shape index (κ3) is 3.45. The highest BCUT2D eigenvalue weighted by molar-refractivity contribution is 14.1. The van der Waals surface area contributed by atoms with E-state index in [-0.39, 0.29) is 5.82 Å². The van der Waals surface area contributed by atoms with Crippen LogP contribution in [0.2, 0.25) is 0 Å². The molecule has 17 heavy (non-hydrogen) atoms. The summed E-state index contributed by atoms with van der Waals surface area (Å²) >= 11 is 1.94. The number of nitrogens with zero attached hydrogens (tertiary/aromatic N) is 1. The van der Waals surface area contributed by atoms with Gasteiger partial charge in [0.2, 0.25) is 0 Å². The van der Waals surface area contributed by atoms with Crippen LogP contribution in [0.15, 0.2) is 12.1 Å². The van der Waals surface area contributed by atoms with Crippen molar-refractivity contribution in [3.8, 4) is 0 Å². The molecule has 1 aliphatic rings. The van der Waals surface area contributed by atoms with Gasteiger partial charge in [0.15, 0.2) is 0 Å². The van der Waals surface area contributed by atoms with Gasteiger partial charge in [-0.25, -0.2) is 4.39 Å². The van der Waals surface area contributed by atoms with E-state index in [0.717, 1.165) is 13.1 Å². The molecule has 0 atom stereocenters. The Hall–Kier alpha value is -0.560. The van der Waals surface area contributed by atoms with Crippen LogP contribution >= 0.6 is 22.6 Å². The van der Waals surface area contributed by atoms with Gasteiger partial charge in [-0.15, -0.1) is 0 Å². The van der Waals surface area contributed by atoms with Crippen LogP contribution in [0.4, 0.5) is 15.8 Å². The number of nitrogens with one attached hydrogen (secondary N) is 1. The maximum absolute atomic E-state index is 13.4. The highest BCUT2D eigenvalue weighted by Gasteiger charge is 2.11. The van der Waals surface area contributed by atoms with Gasteiger partial charge in [-0.1, -0.05) is 0 Å².